The maximum atomic E-state index is 2.84. The van der Waals surface area contributed by atoms with Gasteiger partial charge in [-0.1, -0.05) is 192 Å². The van der Waals surface area contributed by atoms with Gasteiger partial charge < -0.3 is 9.13 Å². The number of aromatic nitrogens is 2. The molecule has 5 heterocycles. The molecule has 2 nitrogen and oxygen atoms in total. The van der Waals surface area contributed by atoms with Gasteiger partial charge in [0.1, 0.15) is 0 Å². The van der Waals surface area contributed by atoms with Gasteiger partial charge in [-0.25, -0.2) is 0 Å². The van der Waals surface area contributed by atoms with Gasteiger partial charge in [0.25, 0.3) is 6.71 Å². The molecule has 380 valence electrons. The Labute approximate surface area is 456 Å². The summed E-state index contributed by atoms with van der Waals surface area (Å²) in [6, 6.07) is 59.4. The van der Waals surface area contributed by atoms with Crippen LogP contribution in [0, 0.1) is 30.6 Å². The van der Waals surface area contributed by atoms with E-state index in [9.17, 15) is 0 Å². The minimum absolute atomic E-state index is 0.0266. The van der Waals surface area contributed by atoms with Crippen molar-refractivity contribution in [2.75, 3.05) is 0 Å². The molecule has 1 spiro atoms. The minimum Gasteiger partial charge on any atom is -0.310 e. The van der Waals surface area contributed by atoms with Gasteiger partial charge in [0.15, 0.2) is 0 Å². The molecule has 0 fully saturated rings. The molecule has 0 amide bonds. The minimum atomic E-state index is -0.609. The van der Waals surface area contributed by atoms with Crippen LogP contribution in [0.5, 0.6) is 0 Å². The first-order valence-electron chi connectivity index (χ1n) is 29.3. The first-order chi connectivity index (χ1) is 37.1. The molecule has 9 aromatic carbocycles. The zero-order valence-corrected chi connectivity index (χ0v) is 47.4. The molecule has 0 N–H and O–H groups in total. The Morgan fingerprint density at radius 1 is 0.351 bits per heavy atom. The van der Waals surface area contributed by atoms with E-state index in [1.807, 2.05) is 0 Å². The summed E-state index contributed by atoms with van der Waals surface area (Å²) in [5.41, 5.74) is 29.9. The zero-order chi connectivity index (χ0) is 53.0. The van der Waals surface area contributed by atoms with Crippen LogP contribution in [0.1, 0.15) is 157 Å². The molecule has 0 saturated heterocycles. The van der Waals surface area contributed by atoms with Crippen molar-refractivity contribution >= 4 is 77.5 Å². The van der Waals surface area contributed by atoms with Crippen LogP contribution in [0.3, 0.4) is 0 Å². The van der Waals surface area contributed by atoms with Crippen molar-refractivity contribution in [1.82, 2.24) is 9.13 Å². The quantitative estimate of drug-likeness (QED) is 0.128. The van der Waals surface area contributed by atoms with Gasteiger partial charge in [0.2, 0.25) is 0 Å². The van der Waals surface area contributed by atoms with Crippen molar-refractivity contribution in [1.29, 1.82) is 0 Å². The highest BCUT2D eigenvalue weighted by molar-refractivity contribution is 7.00. The topological polar surface area (TPSA) is 9.86 Å². The summed E-state index contributed by atoms with van der Waals surface area (Å²) in [5, 5.41) is 8.18. The molecule has 15 rings (SSSR count). The number of rotatable bonds is 9. The van der Waals surface area contributed by atoms with E-state index in [1.165, 1.54) is 154 Å². The van der Waals surface area contributed by atoms with E-state index in [1.54, 1.807) is 0 Å². The number of hydrogen-bond acceptors (Lipinski definition) is 0. The van der Waals surface area contributed by atoms with E-state index in [0.29, 0.717) is 47.3 Å². The van der Waals surface area contributed by atoms with Crippen LogP contribution in [0.15, 0.2) is 146 Å². The molecule has 1 aliphatic carbocycles. The molecule has 77 heavy (non-hydrogen) atoms. The lowest BCUT2D eigenvalue weighted by Crippen LogP contribution is -2.61. The Hall–Kier alpha value is -7.10. The molecule has 3 heteroatoms. The molecule has 11 aromatic rings. The number of fused-ring (bicyclic) bond motifs is 15. The lowest BCUT2D eigenvalue weighted by atomic mass is 9.33. The van der Waals surface area contributed by atoms with Crippen LogP contribution in [0.25, 0.3) is 88.0 Å². The Morgan fingerprint density at radius 3 is 1.44 bits per heavy atom. The lowest BCUT2D eigenvalue weighted by Gasteiger charge is -2.45. The van der Waals surface area contributed by atoms with Crippen molar-refractivity contribution in [3.05, 3.63) is 196 Å². The van der Waals surface area contributed by atoms with Crippen molar-refractivity contribution in [2.24, 2.45) is 23.7 Å². The maximum Gasteiger partial charge on any atom is 0.252 e. The fourth-order valence-electron chi connectivity index (χ4n) is 15.4. The largest absolute Gasteiger partial charge is 0.310 e. The molecule has 0 radical (unpaired) electrons. The van der Waals surface area contributed by atoms with Crippen LogP contribution in [-0.4, -0.2) is 15.8 Å². The van der Waals surface area contributed by atoms with Gasteiger partial charge >= 0.3 is 0 Å². The Bertz CT molecular complexity index is 4350. The molecule has 0 bridgehead atoms. The van der Waals surface area contributed by atoms with Gasteiger partial charge in [-0.2, -0.15) is 0 Å². The second-order valence-electron chi connectivity index (χ2n) is 25.9. The van der Waals surface area contributed by atoms with E-state index in [4.69, 9.17) is 0 Å². The summed E-state index contributed by atoms with van der Waals surface area (Å²) in [6.07, 6.45) is 0. The van der Waals surface area contributed by atoms with Crippen LogP contribution in [0.2, 0.25) is 0 Å². The van der Waals surface area contributed by atoms with E-state index in [0.717, 1.165) is 0 Å². The average molecular weight is 999 g/mol. The molecule has 4 unspecified atom stereocenters. The van der Waals surface area contributed by atoms with E-state index in [2.05, 4.69) is 245 Å². The lowest BCUT2D eigenvalue weighted by molar-refractivity contribution is 0.534. The highest BCUT2D eigenvalue weighted by Gasteiger charge is 2.55. The maximum absolute atomic E-state index is 2.84. The van der Waals surface area contributed by atoms with Crippen LogP contribution in [0.4, 0.5) is 0 Å². The van der Waals surface area contributed by atoms with Crippen LogP contribution >= 0.6 is 0 Å². The molecular weight excluding hydrogens is 928 g/mol. The van der Waals surface area contributed by atoms with E-state index in [-0.39, 0.29) is 6.71 Å². The highest BCUT2D eigenvalue weighted by Crippen LogP contribution is 2.63. The highest BCUT2D eigenvalue weighted by atomic mass is 15.1. The summed E-state index contributed by atoms with van der Waals surface area (Å²) in [7, 11) is 0. The van der Waals surface area contributed by atoms with E-state index >= 15 is 0 Å². The third kappa shape index (κ3) is 5.94. The summed E-state index contributed by atoms with van der Waals surface area (Å²) in [6.45, 7) is 31.4. The molecule has 3 aliphatic heterocycles. The van der Waals surface area contributed by atoms with Crippen molar-refractivity contribution < 1.29 is 0 Å². The zero-order valence-electron chi connectivity index (χ0n) is 47.4. The van der Waals surface area contributed by atoms with Gasteiger partial charge in [-0.3, -0.25) is 0 Å². The molecule has 0 saturated carbocycles. The number of aryl methyl sites for hydroxylation is 1. The predicted molar refractivity (Wildman–Crippen MR) is 331 cm³/mol. The monoisotopic (exact) mass is 999 g/mol. The summed E-state index contributed by atoms with van der Waals surface area (Å²) < 4.78 is 5.63. The van der Waals surface area contributed by atoms with Crippen LogP contribution in [-0.2, 0) is 5.41 Å². The standard InChI is InChI=1S/C74H71BN2/c1-38(2)43(10)47-27-29-67-56(30-47)57-32-49(45(12)40(5)6)35-65-70(57)76(67)72-60(53-28-26-42(9)51-20-14-15-21-52(51)53)37-64-73-68(72)75(65)66-36-50(46(13)41(7)8)33-59-58-31-48(44(11)39(3)4)34-63(69(58)77(73)71(59)66)74(64)61-24-18-16-22-54(61)55-23-17-19-25-62(55)74/h14-41,43-46H,1-13H3. The van der Waals surface area contributed by atoms with Crippen molar-refractivity contribution in [2.45, 2.75) is 119 Å². The number of benzene rings is 9. The van der Waals surface area contributed by atoms with Crippen molar-refractivity contribution in [3.8, 4) is 33.6 Å². The SMILES string of the molecule is Cc1ccc(-c2cc3c4c5c2-n2c6ccc(C(C)C(C)C)cc6c6cc(C(C)C(C)C)cc(c62)B5c2cc(C(C)C(C)C)cc5c6cc(C(C)C(C)C)cc(c6n-4c25)C32c3ccccc3-c3ccccc32)c2ccccc12. The Balaban J connectivity index is 1.25. The molecule has 4 atom stereocenters. The van der Waals surface area contributed by atoms with E-state index < -0.39 is 5.41 Å². The number of hydrogen-bond donors (Lipinski definition) is 0. The second kappa shape index (κ2) is 16.2. The first-order valence-corrected chi connectivity index (χ1v) is 29.3. The molecular formula is C74H71BN2. The average Bonchev–Trinajstić information content (AvgIpc) is 2.71. The first kappa shape index (κ1) is 47.1. The fourth-order valence-corrected chi connectivity index (χ4v) is 15.4. The summed E-state index contributed by atoms with van der Waals surface area (Å²) in [4.78, 5) is 0. The summed E-state index contributed by atoms with van der Waals surface area (Å²) >= 11 is 0. The van der Waals surface area contributed by atoms with Gasteiger partial charge in [0, 0.05) is 43.8 Å². The van der Waals surface area contributed by atoms with Gasteiger partial charge in [-0.05, 0) is 185 Å². The van der Waals surface area contributed by atoms with Gasteiger partial charge in [0.05, 0.1) is 22.1 Å². The molecule has 4 aliphatic rings. The normalized spacial score (nSPS) is 15.9. The molecule has 2 aromatic heterocycles. The fraction of sp³-hybridized carbons (Fsp3) is 0.297. The van der Waals surface area contributed by atoms with Crippen molar-refractivity contribution in [3.63, 3.8) is 0 Å². The van der Waals surface area contributed by atoms with Crippen LogP contribution < -0.4 is 16.4 Å². The Kier molecular flexibility index (Phi) is 9.94. The third-order valence-corrected chi connectivity index (χ3v) is 20.9. The summed E-state index contributed by atoms with van der Waals surface area (Å²) in [5.74, 6) is 3.46. The third-order valence-electron chi connectivity index (χ3n) is 20.9. The Morgan fingerprint density at radius 2 is 0.844 bits per heavy atom. The van der Waals surface area contributed by atoms with Gasteiger partial charge in [-0.15, -0.1) is 0 Å². The second-order valence-corrected chi connectivity index (χ2v) is 25.9. The number of nitrogens with zero attached hydrogens (tertiary/aromatic N) is 2. The smallest absolute Gasteiger partial charge is 0.252 e. The predicted octanol–water partition coefficient (Wildman–Crippen LogP) is 17.9.